The van der Waals surface area contributed by atoms with E-state index < -0.39 is 4.92 Å². The van der Waals surface area contributed by atoms with Crippen LogP contribution >= 0.6 is 11.8 Å². The van der Waals surface area contributed by atoms with Gasteiger partial charge in [-0.1, -0.05) is 30.3 Å². The summed E-state index contributed by atoms with van der Waals surface area (Å²) in [6.07, 6.45) is 1.77. The van der Waals surface area contributed by atoms with Gasteiger partial charge in [0.1, 0.15) is 5.82 Å². The van der Waals surface area contributed by atoms with Crippen molar-refractivity contribution in [2.45, 2.75) is 4.90 Å². The summed E-state index contributed by atoms with van der Waals surface area (Å²) in [6, 6.07) is 18.0. The number of nitro benzene ring substituents is 1. The number of thioether (sulfide) groups is 1. The number of non-ortho nitro benzene ring substituents is 1. The van der Waals surface area contributed by atoms with Gasteiger partial charge in [0.05, 0.1) is 10.7 Å². The molecule has 0 atom stereocenters. The number of benzene rings is 2. The fraction of sp³-hybridized carbons (Fsp3) is 0.227. The van der Waals surface area contributed by atoms with Crippen LogP contribution in [0, 0.1) is 10.1 Å². The van der Waals surface area contributed by atoms with Crippen LogP contribution in [-0.2, 0) is 4.79 Å². The molecule has 31 heavy (non-hydrogen) atoms. The maximum Gasteiger partial charge on any atom is 0.269 e. The number of piperazine rings is 1. The summed E-state index contributed by atoms with van der Waals surface area (Å²) in [7, 11) is 0. The molecule has 0 aliphatic carbocycles. The third-order valence-electron chi connectivity index (χ3n) is 5.04. The van der Waals surface area contributed by atoms with Gasteiger partial charge in [-0.25, -0.2) is 9.97 Å². The van der Waals surface area contributed by atoms with E-state index in [1.165, 1.54) is 23.9 Å². The number of amides is 1. The number of anilines is 1. The third kappa shape index (κ3) is 5.18. The summed E-state index contributed by atoms with van der Waals surface area (Å²) >= 11 is 1.39. The quantitative estimate of drug-likeness (QED) is 0.332. The molecule has 0 radical (unpaired) electrons. The third-order valence-corrected chi connectivity index (χ3v) is 6.04. The van der Waals surface area contributed by atoms with Gasteiger partial charge >= 0.3 is 0 Å². The van der Waals surface area contributed by atoms with Gasteiger partial charge in [-0.3, -0.25) is 14.9 Å². The molecule has 1 aliphatic rings. The van der Waals surface area contributed by atoms with Crippen LogP contribution in [0.15, 0.2) is 71.8 Å². The average Bonchev–Trinajstić information content (AvgIpc) is 2.83. The summed E-state index contributed by atoms with van der Waals surface area (Å²) in [5.74, 6) is 1.93. The molecule has 4 rings (SSSR count). The van der Waals surface area contributed by atoms with E-state index in [1.807, 2.05) is 41.3 Å². The monoisotopic (exact) mass is 435 g/mol. The van der Waals surface area contributed by atoms with Crippen molar-refractivity contribution in [2.24, 2.45) is 0 Å². The van der Waals surface area contributed by atoms with Crippen molar-refractivity contribution >= 4 is 29.2 Å². The molecule has 9 heteroatoms. The smallest absolute Gasteiger partial charge is 0.269 e. The van der Waals surface area contributed by atoms with Crippen LogP contribution in [-0.4, -0.2) is 57.6 Å². The highest BCUT2D eigenvalue weighted by Gasteiger charge is 2.22. The van der Waals surface area contributed by atoms with Gasteiger partial charge in [-0.2, -0.15) is 0 Å². The van der Waals surface area contributed by atoms with E-state index in [1.54, 1.807) is 18.3 Å². The molecule has 0 spiro atoms. The minimum absolute atomic E-state index is 0.0481. The van der Waals surface area contributed by atoms with Crippen LogP contribution in [0.3, 0.4) is 0 Å². The summed E-state index contributed by atoms with van der Waals surface area (Å²) in [6.45, 7) is 2.67. The van der Waals surface area contributed by atoms with Crippen molar-refractivity contribution in [2.75, 3.05) is 36.8 Å². The molecule has 2 aromatic carbocycles. The van der Waals surface area contributed by atoms with Crippen LogP contribution in [0.25, 0.3) is 11.4 Å². The van der Waals surface area contributed by atoms with Crippen molar-refractivity contribution in [3.8, 4) is 11.4 Å². The minimum atomic E-state index is -0.431. The number of hydrogen-bond acceptors (Lipinski definition) is 7. The van der Waals surface area contributed by atoms with Crippen LogP contribution in [0.2, 0.25) is 0 Å². The molecule has 1 aliphatic heterocycles. The number of nitro groups is 1. The summed E-state index contributed by atoms with van der Waals surface area (Å²) in [5, 5.41) is 10.7. The lowest BCUT2D eigenvalue weighted by molar-refractivity contribution is -0.384. The highest BCUT2D eigenvalue weighted by atomic mass is 32.2. The molecule has 3 aromatic rings. The number of aromatic nitrogens is 2. The molecule has 158 valence electrons. The van der Waals surface area contributed by atoms with Crippen LogP contribution in [0.4, 0.5) is 11.5 Å². The number of carbonyl (C=O) groups is 1. The molecule has 0 unspecified atom stereocenters. The van der Waals surface area contributed by atoms with Gasteiger partial charge in [-0.15, -0.1) is 11.8 Å². The molecule has 1 amide bonds. The fourth-order valence-electron chi connectivity index (χ4n) is 3.34. The first-order chi connectivity index (χ1) is 15.1. The molecule has 0 bridgehead atoms. The van der Waals surface area contributed by atoms with E-state index in [0.717, 1.165) is 16.3 Å². The van der Waals surface area contributed by atoms with Crippen molar-refractivity contribution in [3.05, 3.63) is 77.0 Å². The second-order valence-electron chi connectivity index (χ2n) is 7.01. The molecule has 0 saturated carbocycles. The first-order valence-electron chi connectivity index (χ1n) is 9.88. The zero-order valence-electron chi connectivity index (χ0n) is 16.8. The maximum absolute atomic E-state index is 12.6. The van der Waals surface area contributed by atoms with Crippen molar-refractivity contribution in [3.63, 3.8) is 0 Å². The van der Waals surface area contributed by atoms with E-state index in [0.29, 0.717) is 37.8 Å². The molecular weight excluding hydrogens is 414 g/mol. The van der Waals surface area contributed by atoms with Crippen molar-refractivity contribution in [1.82, 2.24) is 14.9 Å². The first-order valence-corrected chi connectivity index (χ1v) is 10.9. The number of hydrogen-bond donors (Lipinski definition) is 0. The van der Waals surface area contributed by atoms with Crippen LogP contribution < -0.4 is 4.90 Å². The lowest BCUT2D eigenvalue weighted by Crippen LogP contribution is -2.49. The average molecular weight is 436 g/mol. The first kappa shape index (κ1) is 20.8. The highest BCUT2D eigenvalue weighted by Crippen LogP contribution is 2.23. The van der Waals surface area contributed by atoms with E-state index in [4.69, 9.17) is 4.98 Å². The molecule has 1 saturated heterocycles. The lowest BCUT2D eigenvalue weighted by atomic mass is 10.2. The molecule has 0 N–H and O–H groups in total. The molecule has 2 heterocycles. The Morgan fingerprint density at radius 1 is 1.00 bits per heavy atom. The zero-order valence-corrected chi connectivity index (χ0v) is 17.6. The maximum atomic E-state index is 12.6. The summed E-state index contributed by atoms with van der Waals surface area (Å²) in [4.78, 5) is 36.8. The fourth-order valence-corrected chi connectivity index (χ4v) is 4.14. The predicted octanol–water partition coefficient (Wildman–Crippen LogP) is 3.49. The SMILES string of the molecule is O=C(CSc1ccc([N+](=O)[O-])cc1)N1CCN(c2ccnc(-c3ccccc3)n2)CC1. The Kier molecular flexibility index (Phi) is 6.42. The summed E-state index contributed by atoms with van der Waals surface area (Å²) < 4.78 is 0. The molecular formula is C22H21N5O3S. The van der Waals surface area contributed by atoms with Gasteiger partial charge in [0.2, 0.25) is 5.91 Å². The van der Waals surface area contributed by atoms with Crippen molar-refractivity contribution < 1.29 is 9.72 Å². The second kappa shape index (κ2) is 9.57. The van der Waals surface area contributed by atoms with Gasteiger partial charge < -0.3 is 9.80 Å². The van der Waals surface area contributed by atoms with Crippen LogP contribution in [0.5, 0.6) is 0 Å². The Morgan fingerprint density at radius 2 is 1.71 bits per heavy atom. The largest absolute Gasteiger partial charge is 0.353 e. The van der Waals surface area contributed by atoms with E-state index in [9.17, 15) is 14.9 Å². The van der Waals surface area contributed by atoms with Crippen LogP contribution in [0.1, 0.15) is 0 Å². The Bertz CT molecular complexity index is 1050. The van der Waals surface area contributed by atoms with E-state index in [-0.39, 0.29) is 11.6 Å². The summed E-state index contributed by atoms with van der Waals surface area (Å²) in [5.41, 5.74) is 1.02. The van der Waals surface area contributed by atoms with Gasteiger partial charge in [0, 0.05) is 55.0 Å². The Morgan fingerprint density at radius 3 is 2.39 bits per heavy atom. The Labute approximate surface area is 184 Å². The van der Waals surface area contributed by atoms with Gasteiger partial charge in [0.25, 0.3) is 5.69 Å². The number of nitrogens with zero attached hydrogens (tertiary/aromatic N) is 5. The second-order valence-corrected chi connectivity index (χ2v) is 8.06. The normalized spacial score (nSPS) is 13.8. The zero-order chi connectivity index (χ0) is 21.6. The van der Waals surface area contributed by atoms with Crippen molar-refractivity contribution in [1.29, 1.82) is 0 Å². The molecule has 1 fully saturated rings. The van der Waals surface area contributed by atoms with Gasteiger partial charge in [0.15, 0.2) is 5.82 Å². The lowest BCUT2D eigenvalue weighted by Gasteiger charge is -2.35. The Balaban J connectivity index is 1.30. The van der Waals surface area contributed by atoms with E-state index in [2.05, 4.69) is 9.88 Å². The number of carbonyl (C=O) groups excluding carboxylic acids is 1. The topological polar surface area (TPSA) is 92.5 Å². The number of rotatable bonds is 6. The standard InChI is InChI=1S/C22H21N5O3S/c28-21(16-31-19-8-6-18(7-9-19)27(29)30)26-14-12-25(13-15-26)20-10-11-23-22(24-20)17-4-2-1-3-5-17/h1-11H,12-16H2. The minimum Gasteiger partial charge on any atom is -0.353 e. The molecule has 8 nitrogen and oxygen atoms in total. The highest BCUT2D eigenvalue weighted by molar-refractivity contribution is 8.00. The van der Waals surface area contributed by atoms with E-state index >= 15 is 0 Å². The Hall–Kier alpha value is -3.46. The molecule has 1 aromatic heterocycles. The predicted molar refractivity (Wildman–Crippen MR) is 120 cm³/mol. The van der Waals surface area contributed by atoms with Gasteiger partial charge in [-0.05, 0) is 18.2 Å².